The maximum Gasteiger partial charge on any atom is 0.326 e. The van der Waals surface area contributed by atoms with Gasteiger partial charge in [-0.2, -0.15) is 0 Å². The van der Waals surface area contributed by atoms with Crippen LogP contribution in [0.4, 0.5) is 0 Å². The van der Waals surface area contributed by atoms with Crippen LogP contribution in [-0.4, -0.2) is 69.4 Å². The lowest BCUT2D eigenvalue weighted by molar-refractivity contribution is -0.153. The number of carbonyl (C=O) groups excluding carboxylic acids is 2. The van der Waals surface area contributed by atoms with E-state index >= 15 is 0 Å². The summed E-state index contributed by atoms with van der Waals surface area (Å²) >= 11 is 0. The van der Waals surface area contributed by atoms with Gasteiger partial charge in [0.2, 0.25) is 0 Å². The standard InChI is InChI=1S/C19H23N5O3/c25-17(18(26)23-11-12-9-14(23)10-20-12)22-7-5-13(6-8-22)24-16-4-2-1-3-15(16)21-19(24)27/h1-4,12-14,20H,5-11H2,(H,21,27)/t12-,14-/m0/s1. The van der Waals surface area contributed by atoms with Crippen molar-refractivity contribution in [3.63, 3.8) is 0 Å². The van der Waals surface area contributed by atoms with Crippen LogP contribution in [0.1, 0.15) is 25.3 Å². The van der Waals surface area contributed by atoms with Gasteiger partial charge in [-0.15, -0.1) is 0 Å². The van der Waals surface area contributed by atoms with Crippen LogP contribution >= 0.6 is 0 Å². The number of hydrogen-bond donors (Lipinski definition) is 2. The molecule has 0 unspecified atom stereocenters. The zero-order chi connectivity index (χ0) is 18.5. The van der Waals surface area contributed by atoms with Crippen molar-refractivity contribution in [1.82, 2.24) is 24.7 Å². The van der Waals surface area contributed by atoms with Crippen molar-refractivity contribution < 1.29 is 9.59 Å². The Bertz CT molecular complexity index is 956. The highest BCUT2D eigenvalue weighted by Gasteiger charge is 2.43. The molecule has 0 saturated carbocycles. The SMILES string of the molecule is O=C(C(=O)N1C[C@@H]2C[C@H]1CN2)N1CCC(n2c(=O)[nH]c3ccccc32)CC1. The van der Waals surface area contributed by atoms with E-state index in [0.29, 0.717) is 38.5 Å². The summed E-state index contributed by atoms with van der Waals surface area (Å²) < 4.78 is 1.80. The molecule has 0 aliphatic carbocycles. The minimum absolute atomic E-state index is 0.0415. The van der Waals surface area contributed by atoms with Crippen LogP contribution in [0.5, 0.6) is 0 Å². The van der Waals surface area contributed by atoms with Gasteiger partial charge in [0.1, 0.15) is 0 Å². The predicted octanol–water partition coefficient (Wildman–Crippen LogP) is 0.0658. The van der Waals surface area contributed by atoms with Gasteiger partial charge in [-0.1, -0.05) is 12.1 Å². The molecule has 3 fully saturated rings. The average Bonchev–Trinajstić information content (AvgIpc) is 3.40. The molecular formula is C19H23N5O3. The highest BCUT2D eigenvalue weighted by atomic mass is 16.2. The number of imidazole rings is 1. The number of rotatable bonds is 1. The first kappa shape index (κ1) is 16.6. The Hall–Kier alpha value is -2.61. The van der Waals surface area contributed by atoms with Crippen LogP contribution in [0.3, 0.4) is 0 Å². The van der Waals surface area contributed by atoms with E-state index < -0.39 is 5.91 Å². The Morgan fingerprint density at radius 2 is 1.81 bits per heavy atom. The molecule has 1 aromatic carbocycles. The molecule has 0 spiro atoms. The van der Waals surface area contributed by atoms with Crippen LogP contribution in [-0.2, 0) is 9.59 Å². The summed E-state index contributed by atoms with van der Waals surface area (Å²) in [5.41, 5.74) is 1.61. The van der Waals surface area contributed by atoms with Crippen LogP contribution in [0, 0.1) is 0 Å². The number of aromatic amines is 1. The van der Waals surface area contributed by atoms with Crippen LogP contribution in [0.15, 0.2) is 29.1 Å². The zero-order valence-corrected chi connectivity index (χ0v) is 15.1. The first-order valence-corrected chi connectivity index (χ1v) is 9.64. The van der Waals surface area contributed by atoms with E-state index in [1.165, 1.54) is 0 Å². The van der Waals surface area contributed by atoms with Crippen LogP contribution < -0.4 is 11.0 Å². The Morgan fingerprint density at radius 1 is 1.04 bits per heavy atom. The Balaban J connectivity index is 1.27. The summed E-state index contributed by atoms with van der Waals surface area (Å²) in [7, 11) is 0. The second-order valence-corrected chi connectivity index (χ2v) is 7.79. The molecule has 1 aromatic heterocycles. The van der Waals surface area contributed by atoms with Crippen molar-refractivity contribution in [2.75, 3.05) is 26.2 Å². The van der Waals surface area contributed by atoms with E-state index in [-0.39, 0.29) is 23.7 Å². The Morgan fingerprint density at radius 3 is 2.52 bits per heavy atom. The second-order valence-electron chi connectivity index (χ2n) is 7.79. The normalized spacial score (nSPS) is 25.5. The van der Waals surface area contributed by atoms with Crippen molar-refractivity contribution in [2.24, 2.45) is 0 Å². The van der Waals surface area contributed by atoms with E-state index in [0.717, 1.165) is 24.0 Å². The molecule has 8 heteroatoms. The molecule has 0 radical (unpaired) electrons. The molecule has 2 aromatic rings. The highest BCUT2D eigenvalue weighted by Crippen LogP contribution is 2.27. The van der Waals surface area contributed by atoms with E-state index in [2.05, 4.69) is 10.3 Å². The number of aromatic nitrogens is 2. The molecule has 2 bridgehead atoms. The lowest BCUT2D eigenvalue weighted by Crippen LogP contribution is -2.53. The second kappa shape index (κ2) is 6.23. The maximum atomic E-state index is 12.7. The van der Waals surface area contributed by atoms with Gasteiger partial charge in [0.25, 0.3) is 0 Å². The van der Waals surface area contributed by atoms with Crippen molar-refractivity contribution in [2.45, 2.75) is 37.4 Å². The fourth-order valence-electron chi connectivity index (χ4n) is 4.83. The molecule has 3 saturated heterocycles. The fourth-order valence-corrected chi connectivity index (χ4v) is 4.83. The number of nitrogens with zero attached hydrogens (tertiary/aromatic N) is 3. The number of carbonyl (C=O) groups is 2. The first-order chi connectivity index (χ1) is 13.1. The summed E-state index contributed by atoms with van der Waals surface area (Å²) in [5, 5.41) is 3.35. The van der Waals surface area contributed by atoms with Gasteiger partial charge < -0.3 is 20.1 Å². The smallest absolute Gasteiger partial charge is 0.326 e. The largest absolute Gasteiger partial charge is 0.334 e. The van der Waals surface area contributed by atoms with Gasteiger partial charge >= 0.3 is 17.5 Å². The predicted molar refractivity (Wildman–Crippen MR) is 99.3 cm³/mol. The molecule has 27 heavy (non-hydrogen) atoms. The van der Waals surface area contributed by atoms with Gasteiger partial charge in [0.15, 0.2) is 0 Å². The van der Waals surface area contributed by atoms with Crippen molar-refractivity contribution in [1.29, 1.82) is 0 Å². The molecule has 2 N–H and O–H groups in total. The molecule has 8 nitrogen and oxygen atoms in total. The summed E-state index contributed by atoms with van der Waals surface area (Å²) in [6.45, 7) is 2.43. The number of amides is 2. The number of nitrogens with one attached hydrogen (secondary N) is 2. The van der Waals surface area contributed by atoms with Crippen LogP contribution in [0.2, 0.25) is 0 Å². The van der Waals surface area contributed by atoms with Crippen molar-refractivity contribution >= 4 is 22.8 Å². The first-order valence-electron chi connectivity index (χ1n) is 9.64. The monoisotopic (exact) mass is 369 g/mol. The minimum atomic E-state index is -0.396. The average molecular weight is 369 g/mol. The summed E-state index contributed by atoms with van der Waals surface area (Å²) in [6.07, 6.45) is 2.30. The molecule has 3 aliphatic heterocycles. The highest BCUT2D eigenvalue weighted by molar-refractivity contribution is 6.35. The molecule has 2 atom stereocenters. The molecule has 5 rings (SSSR count). The lowest BCUT2D eigenvalue weighted by Gasteiger charge is -2.34. The Kier molecular flexibility index (Phi) is 3.82. The van der Waals surface area contributed by atoms with Crippen LogP contribution in [0.25, 0.3) is 11.0 Å². The number of para-hydroxylation sites is 2. The third-order valence-corrected chi connectivity index (χ3v) is 6.24. The number of piperazine rings is 1. The van der Waals surface area contributed by atoms with E-state index in [9.17, 15) is 14.4 Å². The number of hydrogen-bond acceptors (Lipinski definition) is 4. The van der Waals surface area contributed by atoms with Gasteiger partial charge in [-0.05, 0) is 31.4 Å². The van der Waals surface area contributed by atoms with Gasteiger partial charge in [-0.3, -0.25) is 14.2 Å². The summed E-state index contributed by atoms with van der Waals surface area (Å²) in [5.74, 6) is -0.765. The topological polar surface area (TPSA) is 90.4 Å². The van der Waals surface area contributed by atoms with Crippen molar-refractivity contribution in [3.8, 4) is 0 Å². The fraction of sp³-hybridized carbons (Fsp3) is 0.526. The molecule has 2 amide bonds. The van der Waals surface area contributed by atoms with Crippen molar-refractivity contribution in [3.05, 3.63) is 34.7 Å². The zero-order valence-electron chi connectivity index (χ0n) is 15.1. The number of benzene rings is 1. The number of likely N-dealkylation sites (tertiary alicyclic amines) is 2. The Labute approximate surface area is 156 Å². The number of piperidine rings is 1. The lowest BCUT2D eigenvalue weighted by atomic mass is 10.0. The third-order valence-electron chi connectivity index (χ3n) is 6.24. The van der Waals surface area contributed by atoms with E-state index in [4.69, 9.17) is 0 Å². The summed E-state index contributed by atoms with van der Waals surface area (Å²) in [4.78, 5) is 43.9. The quantitative estimate of drug-likeness (QED) is 0.696. The number of H-pyrrole nitrogens is 1. The third kappa shape index (κ3) is 2.66. The minimum Gasteiger partial charge on any atom is -0.334 e. The molecule has 3 aliphatic rings. The van der Waals surface area contributed by atoms with Gasteiger partial charge in [0, 0.05) is 44.3 Å². The molecule has 142 valence electrons. The van der Waals surface area contributed by atoms with Gasteiger partial charge in [-0.25, -0.2) is 4.79 Å². The molecule has 4 heterocycles. The summed E-state index contributed by atoms with van der Waals surface area (Å²) in [6, 6.07) is 8.19. The van der Waals surface area contributed by atoms with E-state index in [1.807, 2.05) is 24.3 Å². The number of fused-ring (bicyclic) bond motifs is 3. The van der Waals surface area contributed by atoms with E-state index in [1.54, 1.807) is 14.4 Å². The molecular weight excluding hydrogens is 346 g/mol. The maximum absolute atomic E-state index is 12.7. The van der Waals surface area contributed by atoms with Gasteiger partial charge in [0.05, 0.1) is 11.0 Å².